The molecule has 2 aromatic rings. The Hall–Kier alpha value is -1.39. The summed E-state index contributed by atoms with van der Waals surface area (Å²) < 4.78 is 6.50. The van der Waals surface area contributed by atoms with E-state index in [2.05, 4.69) is 56.1 Å². The monoisotopic (exact) mass is 318 g/mol. The van der Waals surface area contributed by atoms with Gasteiger partial charge in [0.2, 0.25) is 0 Å². The maximum Gasteiger partial charge on any atom is 0.136 e. The number of rotatable bonds is 2. The third-order valence-electron chi connectivity index (χ3n) is 3.25. The summed E-state index contributed by atoms with van der Waals surface area (Å²) in [6.07, 6.45) is 1.85. The molecule has 0 saturated carbocycles. The fourth-order valence-corrected chi connectivity index (χ4v) is 2.54. The lowest BCUT2D eigenvalue weighted by atomic mass is 10.1. The Balaban J connectivity index is 1.98. The Morgan fingerprint density at radius 2 is 1.79 bits per heavy atom. The first-order valence-corrected chi connectivity index (χ1v) is 7.17. The summed E-state index contributed by atoms with van der Waals surface area (Å²) >= 11 is 3.47. The third kappa shape index (κ3) is 2.80. The second-order valence-electron chi connectivity index (χ2n) is 4.48. The molecule has 4 heteroatoms. The number of nitrogens with zero attached hydrogens (tertiary/aromatic N) is 2. The summed E-state index contributed by atoms with van der Waals surface area (Å²) in [5.74, 6) is 1.05. The average Bonchev–Trinajstić information content (AvgIpc) is 2.49. The van der Waals surface area contributed by atoms with Gasteiger partial charge in [-0.05, 0) is 29.8 Å². The van der Waals surface area contributed by atoms with E-state index >= 15 is 0 Å². The lowest BCUT2D eigenvalue weighted by Gasteiger charge is -2.29. The minimum atomic E-state index is 0.774. The third-order valence-corrected chi connectivity index (χ3v) is 3.78. The van der Waals surface area contributed by atoms with Crippen molar-refractivity contribution in [3.63, 3.8) is 0 Å². The fourth-order valence-electron chi connectivity index (χ4n) is 2.28. The second-order valence-corrected chi connectivity index (χ2v) is 5.40. The quantitative estimate of drug-likeness (QED) is 0.849. The predicted octanol–water partition coefficient (Wildman–Crippen LogP) is 3.35. The topological polar surface area (TPSA) is 25.4 Å². The first kappa shape index (κ1) is 12.6. The number of benzene rings is 1. The van der Waals surface area contributed by atoms with Gasteiger partial charge in [0.05, 0.1) is 13.2 Å². The molecule has 0 amide bonds. The van der Waals surface area contributed by atoms with Crippen LogP contribution in [0.5, 0.6) is 0 Å². The predicted molar refractivity (Wildman–Crippen MR) is 80.4 cm³/mol. The van der Waals surface area contributed by atoms with Gasteiger partial charge in [-0.1, -0.05) is 28.1 Å². The van der Waals surface area contributed by atoms with E-state index in [1.807, 2.05) is 12.3 Å². The molecule has 1 aromatic heterocycles. The van der Waals surface area contributed by atoms with Crippen LogP contribution in [0.25, 0.3) is 11.1 Å². The van der Waals surface area contributed by atoms with Crippen LogP contribution in [0.3, 0.4) is 0 Å². The minimum absolute atomic E-state index is 0.774. The van der Waals surface area contributed by atoms with Gasteiger partial charge in [-0.25, -0.2) is 4.98 Å². The maximum atomic E-state index is 5.41. The molecule has 1 aliphatic heterocycles. The fraction of sp³-hybridized carbons (Fsp3) is 0.267. The molecule has 1 fully saturated rings. The number of ether oxygens (including phenoxy) is 1. The number of halogens is 1. The SMILES string of the molecule is Brc1ccc(-c2cccnc2N2CCOCC2)cc1. The lowest BCUT2D eigenvalue weighted by molar-refractivity contribution is 0.122. The van der Waals surface area contributed by atoms with Gasteiger partial charge in [0.15, 0.2) is 0 Å². The van der Waals surface area contributed by atoms with Crippen molar-refractivity contribution in [3.05, 3.63) is 47.1 Å². The zero-order chi connectivity index (χ0) is 13.1. The molecule has 19 heavy (non-hydrogen) atoms. The van der Waals surface area contributed by atoms with Crippen molar-refractivity contribution < 1.29 is 4.74 Å². The first-order valence-electron chi connectivity index (χ1n) is 6.38. The Kier molecular flexibility index (Phi) is 3.80. The molecule has 0 N–H and O–H groups in total. The summed E-state index contributed by atoms with van der Waals surface area (Å²) in [6.45, 7) is 3.35. The number of hydrogen-bond acceptors (Lipinski definition) is 3. The molecule has 1 aromatic carbocycles. The van der Waals surface area contributed by atoms with Gasteiger partial charge in [0, 0.05) is 29.3 Å². The minimum Gasteiger partial charge on any atom is -0.378 e. The van der Waals surface area contributed by atoms with Crippen LogP contribution in [0.1, 0.15) is 0 Å². The molecule has 0 atom stereocenters. The molecule has 0 unspecified atom stereocenters. The van der Waals surface area contributed by atoms with E-state index in [0.717, 1.165) is 36.6 Å². The van der Waals surface area contributed by atoms with Crippen molar-refractivity contribution in [2.45, 2.75) is 0 Å². The first-order chi connectivity index (χ1) is 9.34. The van der Waals surface area contributed by atoms with Gasteiger partial charge in [0.1, 0.15) is 5.82 Å². The van der Waals surface area contributed by atoms with Crippen LogP contribution >= 0.6 is 15.9 Å². The zero-order valence-electron chi connectivity index (χ0n) is 10.6. The molecule has 2 heterocycles. The zero-order valence-corrected chi connectivity index (χ0v) is 12.1. The highest BCUT2D eigenvalue weighted by Crippen LogP contribution is 2.30. The van der Waals surface area contributed by atoms with Gasteiger partial charge in [-0.3, -0.25) is 0 Å². The van der Waals surface area contributed by atoms with E-state index in [9.17, 15) is 0 Å². The van der Waals surface area contributed by atoms with Gasteiger partial charge < -0.3 is 9.64 Å². The number of anilines is 1. The Morgan fingerprint density at radius 3 is 2.53 bits per heavy atom. The lowest BCUT2D eigenvalue weighted by Crippen LogP contribution is -2.37. The van der Waals surface area contributed by atoms with Gasteiger partial charge in [-0.2, -0.15) is 0 Å². The molecule has 1 saturated heterocycles. The summed E-state index contributed by atoms with van der Waals surface area (Å²) in [5, 5.41) is 0. The van der Waals surface area contributed by atoms with Crippen LogP contribution in [0.4, 0.5) is 5.82 Å². The summed E-state index contributed by atoms with van der Waals surface area (Å²) in [7, 11) is 0. The largest absolute Gasteiger partial charge is 0.378 e. The van der Waals surface area contributed by atoms with E-state index in [4.69, 9.17) is 4.74 Å². The summed E-state index contributed by atoms with van der Waals surface area (Å²) in [5.41, 5.74) is 2.37. The summed E-state index contributed by atoms with van der Waals surface area (Å²) in [4.78, 5) is 6.85. The van der Waals surface area contributed by atoms with Crippen LogP contribution in [0.15, 0.2) is 47.1 Å². The molecule has 3 rings (SSSR count). The molecule has 0 bridgehead atoms. The second kappa shape index (κ2) is 5.72. The molecule has 0 spiro atoms. The van der Waals surface area contributed by atoms with Crippen molar-refractivity contribution in [3.8, 4) is 11.1 Å². The van der Waals surface area contributed by atoms with Crippen molar-refractivity contribution in [2.24, 2.45) is 0 Å². The molecular weight excluding hydrogens is 304 g/mol. The molecule has 98 valence electrons. The normalized spacial score (nSPS) is 15.5. The van der Waals surface area contributed by atoms with Crippen LogP contribution in [-0.2, 0) is 4.74 Å². The average molecular weight is 319 g/mol. The maximum absolute atomic E-state index is 5.41. The van der Waals surface area contributed by atoms with Crippen molar-refractivity contribution in [1.82, 2.24) is 4.98 Å². The molecule has 1 aliphatic rings. The van der Waals surface area contributed by atoms with Crippen LogP contribution < -0.4 is 4.90 Å². The number of aromatic nitrogens is 1. The summed E-state index contributed by atoms with van der Waals surface area (Å²) in [6, 6.07) is 12.5. The van der Waals surface area contributed by atoms with E-state index in [0.29, 0.717) is 0 Å². The highest BCUT2D eigenvalue weighted by atomic mass is 79.9. The molecule has 3 nitrogen and oxygen atoms in total. The van der Waals surface area contributed by atoms with E-state index in [1.165, 1.54) is 11.1 Å². The standard InChI is InChI=1S/C15H15BrN2O/c16-13-5-3-12(4-6-13)14-2-1-7-17-15(14)18-8-10-19-11-9-18/h1-7H,8-11H2. The van der Waals surface area contributed by atoms with Crippen LogP contribution in [0.2, 0.25) is 0 Å². The van der Waals surface area contributed by atoms with Crippen molar-refractivity contribution in [1.29, 1.82) is 0 Å². The Labute approximate surface area is 121 Å². The highest BCUT2D eigenvalue weighted by molar-refractivity contribution is 9.10. The van der Waals surface area contributed by atoms with Crippen molar-refractivity contribution >= 4 is 21.7 Å². The number of hydrogen-bond donors (Lipinski definition) is 0. The Bertz CT molecular complexity index is 550. The molecular formula is C15H15BrN2O. The number of pyridine rings is 1. The smallest absolute Gasteiger partial charge is 0.136 e. The van der Waals surface area contributed by atoms with Crippen LogP contribution in [0, 0.1) is 0 Å². The number of morpholine rings is 1. The molecule has 0 aliphatic carbocycles. The van der Waals surface area contributed by atoms with Gasteiger partial charge >= 0.3 is 0 Å². The van der Waals surface area contributed by atoms with Crippen LogP contribution in [-0.4, -0.2) is 31.3 Å². The van der Waals surface area contributed by atoms with Crippen molar-refractivity contribution in [2.75, 3.05) is 31.2 Å². The van der Waals surface area contributed by atoms with E-state index in [1.54, 1.807) is 0 Å². The van der Waals surface area contributed by atoms with Gasteiger partial charge in [-0.15, -0.1) is 0 Å². The van der Waals surface area contributed by atoms with E-state index in [-0.39, 0.29) is 0 Å². The van der Waals surface area contributed by atoms with Gasteiger partial charge in [0.25, 0.3) is 0 Å². The van der Waals surface area contributed by atoms with E-state index < -0.39 is 0 Å². The molecule has 0 radical (unpaired) electrons. The Morgan fingerprint density at radius 1 is 1.05 bits per heavy atom. The highest BCUT2D eigenvalue weighted by Gasteiger charge is 2.16.